The van der Waals surface area contributed by atoms with E-state index in [-0.39, 0.29) is 26.8 Å². The van der Waals surface area contributed by atoms with E-state index < -0.39 is 17.7 Å². The van der Waals surface area contributed by atoms with Crippen LogP contribution >= 0.6 is 22.7 Å². The highest BCUT2D eigenvalue weighted by molar-refractivity contribution is 7.12. The first kappa shape index (κ1) is 41.7. The minimum Gasteiger partial charge on any atom is -0.506 e. The van der Waals surface area contributed by atoms with Gasteiger partial charge in [0.15, 0.2) is 0 Å². The van der Waals surface area contributed by atoms with Crippen LogP contribution in [0.15, 0.2) is 94.5 Å². The highest BCUT2D eigenvalue weighted by atomic mass is 32.1. The molecule has 1 aliphatic carbocycles. The van der Waals surface area contributed by atoms with Crippen molar-refractivity contribution < 1.29 is 34.3 Å². The number of hydrogen-bond acceptors (Lipinski definition) is 9. The Balaban J connectivity index is 0.00000290. The zero-order chi connectivity index (χ0) is 37.0. The number of nitrogens with zero attached hydrogens (tertiary/aromatic N) is 2. The van der Waals surface area contributed by atoms with Crippen molar-refractivity contribution in [3.63, 3.8) is 0 Å². The molecule has 4 heterocycles. The van der Waals surface area contributed by atoms with Gasteiger partial charge in [0.1, 0.15) is 5.75 Å². The first-order valence-corrected chi connectivity index (χ1v) is 20.0. The number of phenolic OH excluding ortho intramolecular Hbond substituents is 1. The van der Waals surface area contributed by atoms with Crippen LogP contribution in [-0.2, 0) is 28.1 Å². The molecule has 0 amide bonds. The number of benzene rings is 2. The first-order chi connectivity index (χ1) is 25.7. The highest BCUT2D eigenvalue weighted by Gasteiger charge is 2.48. The number of thiophene rings is 2. The van der Waals surface area contributed by atoms with Gasteiger partial charge in [0.25, 0.3) is 0 Å². The highest BCUT2D eigenvalue weighted by Crippen LogP contribution is 2.42. The van der Waals surface area contributed by atoms with E-state index >= 15 is 0 Å². The van der Waals surface area contributed by atoms with Crippen molar-refractivity contribution in [3.05, 3.63) is 121 Å². The predicted octanol–water partition coefficient (Wildman–Crippen LogP) is 7.16. The summed E-state index contributed by atoms with van der Waals surface area (Å²) >= 11 is 2.86. The topological polar surface area (TPSA) is 140 Å². The summed E-state index contributed by atoms with van der Waals surface area (Å²) in [6, 6.07) is 22.6. The third-order valence-corrected chi connectivity index (χ3v) is 12.6. The summed E-state index contributed by atoms with van der Waals surface area (Å²) in [5, 5.41) is 40.7. The van der Waals surface area contributed by atoms with Crippen LogP contribution in [0.1, 0.15) is 59.1 Å². The number of phenols is 1. The monoisotopic (exact) mass is 794 g/mol. The number of para-hydroxylation sites is 1. The fourth-order valence-corrected chi connectivity index (χ4v) is 9.63. The van der Waals surface area contributed by atoms with Crippen LogP contribution in [-0.4, -0.2) is 74.6 Å². The molecule has 0 unspecified atom stereocenters. The number of pyridine rings is 1. The van der Waals surface area contributed by atoms with Crippen molar-refractivity contribution >= 4 is 50.4 Å². The van der Waals surface area contributed by atoms with E-state index in [9.17, 15) is 24.9 Å². The lowest BCUT2D eigenvalue weighted by atomic mass is 9.90. The van der Waals surface area contributed by atoms with Crippen molar-refractivity contribution in [2.45, 2.75) is 68.9 Å². The molecule has 7 rings (SSSR count). The minimum absolute atomic E-state index is 0. The number of carbonyl (C=O) groups is 1. The van der Waals surface area contributed by atoms with E-state index in [0.29, 0.717) is 45.4 Å². The zero-order valence-electron chi connectivity index (χ0n) is 30.6. The largest absolute Gasteiger partial charge is 0.506 e. The number of H-pyrrole nitrogens is 1. The van der Waals surface area contributed by atoms with E-state index in [1.807, 2.05) is 35.0 Å². The van der Waals surface area contributed by atoms with E-state index in [1.54, 1.807) is 12.1 Å². The number of aliphatic carboxylic acids is 1. The summed E-state index contributed by atoms with van der Waals surface area (Å²) in [5.41, 5.74) is 1.71. The molecule has 1 saturated carbocycles. The maximum atomic E-state index is 12.8. The average molecular weight is 795 g/mol. The van der Waals surface area contributed by atoms with Crippen molar-refractivity contribution in [1.29, 1.82) is 0 Å². The molecule has 1 aliphatic rings. The maximum Gasteiger partial charge on any atom is 0.347 e. The van der Waals surface area contributed by atoms with Crippen LogP contribution in [0, 0.1) is 0 Å². The van der Waals surface area contributed by atoms with Gasteiger partial charge in [-0.1, -0.05) is 36.4 Å². The molecule has 0 aliphatic heterocycles. The van der Waals surface area contributed by atoms with Crippen molar-refractivity contribution in [2.24, 2.45) is 0 Å². The van der Waals surface area contributed by atoms with Gasteiger partial charge < -0.3 is 39.8 Å². The lowest BCUT2D eigenvalue weighted by molar-refractivity contribution is -0.170. The number of nitrogens with one attached hydrogen (secondary N) is 2. The quantitative estimate of drug-likeness (QED) is 0.0651. The van der Waals surface area contributed by atoms with Crippen LogP contribution in [0.5, 0.6) is 5.75 Å². The second-order valence-electron chi connectivity index (χ2n) is 13.9. The molecule has 0 bridgehead atoms. The molecule has 6 aromatic rings. The summed E-state index contributed by atoms with van der Waals surface area (Å²) in [6.45, 7) is 2.70. The van der Waals surface area contributed by atoms with Crippen LogP contribution < -0.4 is 10.9 Å². The van der Waals surface area contributed by atoms with Crippen LogP contribution in [0.3, 0.4) is 0 Å². The Morgan fingerprint density at radius 3 is 2.36 bits per heavy atom. The SMILES string of the molecule is CN(CCCc1cn(CCNC[C@H](O)c2ccc(O)c3[nH]c(=O)ccc23)c2ccccc12)[C@H]1CC[C@H](OC(C(=O)O)(c2cccs2)c2cccs2)CC1.F.F. The molecular formula is C41H48F2N4O6S2. The minimum atomic E-state index is -1.46. The van der Waals surface area contributed by atoms with Gasteiger partial charge in [0, 0.05) is 54.2 Å². The Morgan fingerprint density at radius 1 is 0.982 bits per heavy atom. The Hall–Kier alpha value is -4.44. The van der Waals surface area contributed by atoms with Crippen molar-refractivity contribution in [1.82, 2.24) is 19.8 Å². The lowest BCUT2D eigenvalue weighted by Crippen LogP contribution is -2.44. The fourth-order valence-electron chi connectivity index (χ4n) is 7.82. The van der Waals surface area contributed by atoms with E-state index in [1.165, 1.54) is 51.3 Å². The number of aromatic nitrogens is 2. The van der Waals surface area contributed by atoms with Gasteiger partial charge in [-0.2, -0.15) is 0 Å². The maximum absolute atomic E-state index is 12.8. The fraction of sp³-hybridized carbons (Fsp3) is 0.366. The number of aromatic hydroxyl groups is 1. The molecule has 0 saturated heterocycles. The van der Waals surface area contributed by atoms with E-state index in [0.717, 1.165) is 51.6 Å². The molecule has 2 aromatic carbocycles. The number of carboxylic acid groups (broad SMARTS) is 1. The molecule has 10 nitrogen and oxygen atoms in total. The smallest absolute Gasteiger partial charge is 0.347 e. The molecule has 55 heavy (non-hydrogen) atoms. The van der Waals surface area contributed by atoms with Crippen LogP contribution in [0.2, 0.25) is 0 Å². The lowest BCUT2D eigenvalue weighted by Gasteiger charge is -2.38. The molecule has 0 spiro atoms. The first-order valence-electron chi connectivity index (χ1n) is 18.2. The molecule has 5 N–H and O–H groups in total. The standard InChI is InChI=1S/C41H46N4O6S2.2FH/c1-44(28-12-14-29(15-13-28)51-41(40(49)50,36-10-5-23-52-36)37-11-6-24-53-37)21-4-7-27-26-45(33-9-3-2-8-30(27)33)22-20-42-25-35(47)31-16-18-34(46)39-32(31)17-19-38(48)43-39;;/h2-3,5-6,8-11,16-19,23-24,26,28-29,35,42,46-47H,4,7,12-15,20-22,25H2,1H3,(H,43,48)(H,49,50);2*1H/t28-,29-,35-;;/m0../s1. The van der Waals surface area contributed by atoms with Gasteiger partial charge in [-0.25, -0.2) is 4.79 Å². The summed E-state index contributed by atoms with van der Waals surface area (Å²) in [6.07, 6.45) is 6.89. The number of halogens is 2. The van der Waals surface area contributed by atoms with Gasteiger partial charge in [-0.3, -0.25) is 14.2 Å². The number of carboxylic acids is 1. The van der Waals surface area contributed by atoms with Crippen LogP contribution in [0.4, 0.5) is 9.41 Å². The van der Waals surface area contributed by atoms with Gasteiger partial charge in [0.05, 0.1) is 27.5 Å². The Kier molecular flexibility index (Phi) is 14.0. The molecule has 1 fully saturated rings. The number of rotatable bonds is 16. The Bertz CT molecular complexity index is 2170. The normalized spacial score (nSPS) is 16.6. The predicted molar refractivity (Wildman–Crippen MR) is 216 cm³/mol. The third kappa shape index (κ3) is 8.85. The molecule has 4 aromatic heterocycles. The number of fused-ring (bicyclic) bond motifs is 2. The summed E-state index contributed by atoms with van der Waals surface area (Å²) in [7, 11) is 2.20. The van der Waals surface area contributed by atoms with Crippen molar-refractivity contribution in [2.75, 3.05) is 26.7 Å². The summed E-state index contributed by atoms with van der Waals surface area (Å²) < 4.78 is 8.87. The van der Waals surface area contributed by atoms with Gasteiger partial charge >= 0.3 is 5.97 Å². The number of ether oxygens (including phenoxy) is 1. The van der Waals surface area contributed by atoms with Gasteiger partial charge in [0.2, 0.25) is 11.2 Å². The summed E-state index contributed by atoms with van der Waals surface area (Å²) in [5.74, 6) is -0.986. The second-order valence-corrected chi connectivity index (χ2v) is 15.8. The molecule has 294 valence electrons. The molecule has 14 heteroatoms. The molecule has 0 radical (unpaired) electrons. The Morgan fingerprint density at radius 2 is 1.69 bits per heavy atom. The zero-order valence-corrected chi connectivity index (χ0v) is 32.2. The van der Waals surface area contributed by atoms with Crippen LogP contribution in [0.25, 0.3) is 21.8 Å². The molecular weight excluding hydrogens is 747 g/mol. The average Bonchev–Trinajstić information content (AvgIpc) is 3.96. The molecule has 1 atom stereocenters. The number of aromatic amines is 1. The number of hydrogen-bond donors (Lipinski definition) is 5. The second kappa shape index (κ2) is 18.5. The number of aliphatic hydroxyl groups is 1. The van der Waals surface area contributed by atoms with E-state index in [2.05, 4.69) is 57.3 Å². The third-order valence-electron chi connectivity index (χ3n) is 10.6. The number of aryl methyl sites for hydroxylation is 1. The Labute approximate surface area is 325 Å². The van der Waals surface area contributed by atoms with E-state index in [4.69, 9.17) is 4.74 Å². The number of aliphatic hydroxyl groups excluding tert-OH is 1. The van der Waals surface area contributed by atoms with Gasteiger partial charge in [-0.15, -0.1) is 22.7 Å². The summed E-state index contributed by atoms with van der Waals surface area (Å²) in [4.78, 5) is 31.1. The van der Waals surface area contributed by atoms with Gasteiger partial charge in [-0.05, 0) is 104 Å². The van der Waals surface area contributed by atoms with Crippen molar-refractivity contribution in [3.8, 4) is 5.75 Å².